The van der Waals surface area contributed by atoms with Crippen molar-refractivity contribution in [2.75, 3.05) is 18.0 Å². The second-order valence-electron chi connectivity index (χ2n) is 6.71. The van der Waals surface area contributed by atoms with Gasteiger partial charge in [-0.15, -0.1) is 0 Å². The number of halogens is 2. The molecule has 28 heavy (non-hydrogen) atoms. The summed E-state index contributed by atoms with van der Waals surface area (Å²) in [6.45, 7) is 1.15. The third kappa shape index (κ3) is 3.58. The summed E-state index contributed by atoms with van der Waals surface area (Å²) in [5.41, 5.74) is 3.47. The van der Waals surface area contributed by atoms with Gasteiger partial charge in [-0.05, 0) is 47.9 Å². The predicted octanol–water partition coefficient (Wildman–Crippen LogP) is 3.89. The molecule has 1 aliphatic heterocycles. The molecule has 6 heteroatoms. The highest BCUT2D eigenvalue weighted by Gasteiger charge is 2.27. The number of aromatic nitrogens is 1. The maximum absolute atomic E-state index is 13.4. The number of carbonyl (C=O) groups excluding carboxylic acids is 1. The minimum Gasteiger partial charge on any atom is -0.362 e. The normalized spacial score (nSPS) is 13.9. The smallest absolute Gasteiger partial charge is 0.251 e. The van der Waals surface area contributed by atoms with Crippen molar-refractivity contribution in [3.8, 4) is 0 Å². The van der Waals surface area contributed by atoms with E-state index in [4.69, 9.17) is 0 Å². The second-order valence-corrected chi connectivity index (χ2v) is 6.71. The van der Waals surface area contributed by atoms with Crippen molar-refractivity contribution in [2.45, 2.75) is 12.5 Å². The van der Waals surface area contributed by atoms with Crippen LogP contribution in [0.3, 0.4) is 0 Å². The van der Waals surface area contributed by atoms with Crippen LogP contribution in [0.5, 0.6) is 0 Å². The van der Waals surface area contributed by atoms with Crippen LogP contribution in [0.4, 0.5) is 14.5 Å². The molecular weight excluding hydrogens is 360 g/mol. The van der Waals surface area contributed by atoms with Crippen LogP contribution >= 0.6 is 0 Å². The molecule has 4 rings (SSSR count). The van der Waals surface area contributed by atoms with Crippen molar-refractivity contribution < 1.29 is 13.6 Å². The van der Waals surface area contributed by atoms with Crippen molar-refractivity contribution in [1.29, 1.82) is 0 Å². The Labute approximate surface area is 161 Å². The zero-order chi connectivity index (χ0) is 19.5. The van der Waals surface area contributed by atoms with Gasteiger partial charge in [0.05, 0.1) is 6.04 Å². The highest BCUT2D eigenvalue weighted by atomic mass is 19.2. The van der Waals surface area contributed by atoms with Gasteiger partial charge in [0.15, 0.2) is 11.6 Å². The van der Waals surface area contributed by atoms with Crippen molar-refractivity contribution in [3.63, 3.8) is 0 Å². The van der Waals surface area contributed by atoms with Gasteiger partial charge in [-0.1, -0.05) is 24.3 Å². The quantitative estimate of drug-likeness (QED) is 0.732. The van der Waals surface area contributed by atoms with E-state index in [0.29, 0.717) is 6.54 Å². The number of para-hydroxylation sites is 1. The van der Waals surface area contributed by atoms with E-state index >= 15 is 0 Å². The monoisotopic (exact) mass is 379 g/mol. The molecule has 0 fully saturated rings. The van der Waals surface area contributed by atoms with E-state index in [0.717, 1.165) is 36.3 Å². The van der Waals surface area contributed by atoms with Crippen molar-refractivity contribution >= 4 is 11.6 Å². The van der Waals surface area contributed by atoms with Crippen LogP contribution in [0.25, 0.3) is 0 Å². The van der Waals surface area contributed by atoms with Gasteiger partial charge in [0.2, 0.25) is 0 Å². The van der Waals surface area contributed by atoms with E-state index in [-0.39, 0.29) is 11.6 Å². The van der Waals surface area contributed by atoms with Gasteiger partial charge in [0.25, 0.3) is 5.91 Å². The van der Waals surface area contributed by atoms with Crippen LogP contribution < -0.4 is 10.2 Å². The molecule has 1 atom stereocenters. The number of hydrogen-bond donors (Lipinski definition) is 1. The fourth-order valence-electron chi connectivity index (χ4n) is 3.60. The van der Waals surface area contributed by atoms with E-state index in [1.165, 1.54) is 11.6 Å². The number of amides is 1. The van der Waals surface area contributed by atoms with Gasteiger partial charge < -0.3 is 10.2 Å². The van der Waals surface area contributed by atoms with E-state index in [2.05, 4.69) is 27.3 Å². The average Bonchev–Trinajstić information content (AvgIpc) is 3.15. The van der Waals surface area contributed by atoms with Gasteiger partial charge in [0.1, 0.15) is 0 Å². The second kappa shape index (κ2) is 7.76. The summed E-state index contributed by atoms with van der Waals surface area (Å²) in [6.07, 6.45) is 4.43. The molecule has 1 N–H and O–H groups in total. The number of nitrogens with one attached hydrogen (secondary N) is 1. The molecule has 0 bridgehead atoms. The molecule has 3 aromatic rings. The fourth-order valence-corrected chi connectivity index (χ4v) is 3.60. The summed E-state index contributed by atoms with van der Waals surface area (Å²) in [4.78, 5) is 18.9. The van der Waals surface area contributed by atoms with Crippen LogP contribution in [0.2, 0.25) is 0 Å². The Morgan fingerprint density at radius 3 is 2.75 bits per heavy atom. The first-order valence-electron chi connectivity index (χ1n) is 9.11. The number of anilines is 1. The summed E-state index contributed by atoms with van der Waals surface area (Å²) in [7, 11) is 0. The van der Waals surface area contributed by atoms with Crippen molar-refractivity contribution in [3.05, 3.63) is 95.3 Å². The lowest BCUT2D eigenvalue weighted by Gasteiger charge is -2.31. The van der Waals surface area contributed by atoms with Crippen LogP contribution in [0.15, 0.2) is 67.0 Å². The van der Waals surface area contributed by atoms with Gasteiger partial charge in [0, 0.05) is 36.7 Å². The minimum absolute atomic E-state index is 0.0886. The summed E-state index contributed by atoms with van der Waals surface area (Å²) in [5.74, 6) is -2.45. The zero-order valence-electron chi connectivity index (χ0n) is 15.1. The maximum atomic E-state index is 13.4. The molecule has 4 nitrogen and oxygen atoms in total. The first kappa shape index (κ1) is 18.1. The highest BCUT2D eigenvalue weighted by molar-refractivity contribution is 5.94. The molecular formula is C22H19F2N3O. The lowest BCUT2D eigenvalue weighted by molar-refractivity contribution is 0.0950. The molecule has 1 aliphatic rings. The molecule has 0 spiro atoms. The molecule has 0 aliphatic carbocycles. The number of nitrogens with zero attached hydrogens (tertiary/aromatic N) is 2. The number of pyridine rings is 1. The lowest BCUT2D eigenvalue weighted by atomic mass is 10.1. The van der Waals surface area contributed by atoms with Crippen LogP contribution in [0.1, 0.15) is 27.5 Å². The largest absolute Gasteiger partial charge is 0.362 e. The number of rotatable bonds is 5. The molecule has 0 saturated carbocycles. The molecule has 0 unspecified atom stereocenters. The standard InChI is InChI=1S/C22H19F2N3O/c23-18-8-7-16(12-19(18)24)22(28)26-14-21(17-5-3-10-25-13-17)27-11-9-15-4-1-2-6-20(15)27/h1-8,10,12-13,21H,9,11,14H2,(H,26,28)/t21-/m0/s1. The Bertz CT molecular complexity index is 994. The van der Waals surface area contributed by atoms with Crippen LogP contribution in [0, 0.1) is 11.6 Å². The van der Waals surface area contributed by atoms with Gasteiger partial charge in [-0.2, -0.15) is 0 Å². The van der Waals surface area contributed by atoms with E-state index in [1.54, 1.807) is 12.4 Å². The van der Waals surface area contributed by atoms with Gasteiger partial charge in [-0.3, -0.25) is 9.78 Å². The number of carbonyl (C=O) groups is 1. The van der Waals surface area contributed by atoms with Gasteiger partial charge >= 0.3 is 0 Å². The summed E-state index contributed by atoms with van der Waals surface area (Å²) in [6, 6.07) is 15.1. The van der Waals surface area contributed by atoms with Crippen LogP contribution in [-0.4, -0.2) is 24.0 Å². The van der Waals surface area contributed by atoms with E-state index in [1.807, 2.05) is 24.3 Å². The summed E-state index contributed by atoms with van der Waals surface area (Å²) in [5, 5.41) is 2.85. The lowest BCUT2D eigenvalue weighted by Crippen LogP contribution is -2.37. The molecule has 2 aromatic carbocycles. The fraction of sp³-hybridized carbons (Fsp3) is 0.182. The predicted molar refractivity (Wildman–Crippen MR) is 103 cm³/mol. The average molecular weight is 379 g/mol. The zero-order valence-corrected chi connectivity index (χ0v) is 15.1. The highest BCUT2D eigenvalue weighted by Crippen LogP contribution is 2.34. The van der Waals surface area contributed by atoms with Crippen molar-refractivity contribution in [2.24, 2.45) is 0 Å². The Hall–Kier alpha value is -3.28. The topological polar surface area (TPSA) is 45.2 Å². The van der Waals surface area contributed by atoms with Crippen LogP contribution in [-0.2, 0) is 6.42 Å². The Kier molecular flexibility index (Phi) is 5.02. The third-order valence-corrected chi connectivity index (χ3v) is 5.01. The van der Waals surface area contributed by atoms with Crippen molar-refractivity contribution in [1.82, 2.24) is 10.3 Å². The minimum atomic E-state index is -1.04. The Morgan fingerprint density at radius 2 is 1.96 bits per heavy atom. The number of hydrogen-bond acceptors (Lipinski definition) is 3. The summed E-state index contributed by atoms with van der Waals surface area (Å²) < 4.78 is 26.6. The number of benzene rings is 2. The molecule has 0 saturated heterocycles. The van der Waals surface area contributed by atoms with Gasteiger partial charge in [-0.25, -0.2) is 8.78 Å². The summed E-state index contributed by atoms with van der Waals surface area (Å²) >= 11 is 0. The Balaban J connectivity index is 1.57. The Morgan fingerprint density at radius 1 is 1.11 bits per heavy atom. The SMILES string of the molecule is O=C(NC[C@@H](c1cccnc1)N1CCc2ccccc21)c1ccc(F)c(F)c1. The van der Waals surface area contributed by atoms with E-state index in [9.17, 15) is 13.6 Å². The molecule has 1 aromatic heterocycles. The first-order chi connectivity index (χ1) is 13.6. The van der Waals surface area contributed by atoms with E-state index < -0.39 is 17.5 Å². The molecule has 2 heterocycles. The third-order valence-electron chi connectivity index (χ3n) is 5.01. The maximum Gasteiger partial charge on any atom is 0.251 e. The first-order valence-corrected chi connectivity index (χ1v) is 9.11. The molecule has 142 valence electrons. The number of fused-ring (bicyclic) bond motifs is 1. The molecule has 1 amide bonds. The molecule has 0 radical (unpaired) electrons.